The zero-order valence-electron chi connectivity index (χ0n) is 18.0. The minimum atomic E-state index is -3.00. The smallest absolute Gasteiger partial charge is 0.269 e. The number of nitrogens with one attached hydrogen (secondary N) is 1. The second kappa shape index (κ2) is 7.52. The van der Waals surface area contributed by atoms with Crippen LogP contribution in [-0.2, 0) is 15.3 Å². The number of nitrogen functional groups attached to an aromatic ring is 1. The fourth-order valence-corrected chi connectivity index (χ4v) is 6.10. The average molecular weight is 430 g/mol. The van der Waals surface area contributed by atoms with Crippen molar-refractivity contribution in [2.45, 2.75) is 57.8 Å². The van der Waals surface area contributed by atoms with E-state index in [1.54, 1.807) is 6.07 Å². The highest BCUT2D eigenvalue weighted by Gasteiger charge is 2.29. The molecule has 0 radical (unpaired) electrons. The van der Waals surface area contributed by atoms with E-state index in [1.807, 2.05) is 0 Å². The summed E-state index contributed by atoms with van der Waals surface area (Å²) in [6, 6.07) is 5.98. The van der Waals surface area contributed by atoms with Crippen LogP contribution in [0.25, 0.3) is 10.9 Å². The van der Waals surface area contributed by atoms with Crippen molar-refractivity contribution in [3.05, 3.63) is 35.0 Å². The molecule has 7 heteroatoms. The number of hydrogen-bond acceptors (Lipinski definition) is 5. The summed E-state index contributed by atoms with van der Waals surface area (Å²) in [5.41, 5.74) is 10.3. The van der Waals surface area contributed by atoms with Gasteiger partial charge >= 0.3 is 0 Å². The molecule has 2 fully saturated rings. The van der Waals surface area contributed by atoms with Gasteiger partial charge in [0.25, 0.3) is 5.91 Å². The molecule has 3 N–H and O–H groups in total. The second-order valence-corrected chi connectivity index (χ2v) is 12.1. The first kappa shape index (κ1) is 21.1. The van der Waals surface area contributed by atoms with Crippen LogP contribution in [-0.4, -0.2) is 37.4 Å². The van der Waals surface area contributed by atoms with Crippen molar-refractivity contribution in [1.82, 2.24) is 10.3 Å². The summed E-state index contributed by atoms with van der Waals surface area (Å²) in [6.45, 7) is 6.77. The molecule has 4 rings (SSSR count). The van der Waals surface area contributed by atoms with Gasteiger partial charge in [0.1, 0.15) is 5.69 Å². The average Bonchev–Trinajstić information content (AvgIpc) is 3.49. The van der Waals surface area contributed by atoms with E-state index >= 15 is 0 Å². The maximum absolute atomic E-state index is 12.8. The highest BCUT2D eigenvalue weighted by molar-refractivity contribution is 7.91. The Kier molecular flexibility index (Phi) is 5.29. The lowest BCUT2D eigenvalue weighted by Crippen LogP contribution is -2.36. The number of pyridine rings is 1. The number of nitrogens with zero attached hydrogens (tertiary/aromatic N) is 1. The van der Waals surface area contributed by atoms with Crippen LogP contribution in [0.4, 0.5) is 5.69 Å². The van der Waals surface area contributed by atoms with Crippen LogP contribution in [0.3, 0.4) is 0 Å². The van der Waals surface area contributed by atoms with Crippen LogP contribution < -0.4 is 11.1 Å². The van der Waals surface area contributed by atoms with E-state index in [9.17, 15) is 13.2 Å². The Morgan fingerprint density at radius 3 is 2.57 bits per heavy atom. The summed E-state index contributed by atoms with van der Waals surface area (Å²) in [7, 11) is -3.00. The highest BCUT2D eigenvalue weighted by atomic mass is 32.2. The van der Waals surface area contributed by atoms with E-state index in [2.05, 4.69) is 38.2 Å². The van der Waals surface area contributed by atoms with Crippen molar-refractivity contribution in [3.63, 3.8) is 0 Å². The number of hydrogen-bond donors (Lipinski definition) is 2. The quantitative estimate of drug-likeness (QED) is 0.774. The van der Waals surface area contributed by atoms with Crippen molar-refractivity contribution in [1.29, 1.82) is 0 Å². The molecule has 0 spiro atoms. The molecule has 1 unspecified atom stereocenters. The molecule has 2 aromatic rings. The Labute approximate surface area is 178 Å². The maximum Gasteiger partial charge on any atom is 0.269 e. The maximum atomic E-state index is 12.8. The van der Waals surface area contributed by atoms with Crippen molar-refractivity contribution in [2.75, 3.05) is 23.8 Å². The Morgan fingerprint density at radius 2 is 1.93 bits per heavy atom. The molecule has 1 aromatic heterocycles. The minimum Gasteiger partial charge on any atom is -0.398 e. The number of fused-ring (bicyclic) bond motifs is 1. The summed E-state index contributed by atoms with van der Waals surface area (Å²) in [5.74, 6) is 0.635. The second-order valence-electron chi connectivity index (χ2n) is 9.92. The third-order valence-electron chi connectivity index (χ3n) is 6.17. The number of anilines is 1. The van der Waals surface area contributed by atoms with Gasteiger partial charge in [-0.05, 0) is 66.2 Å². The minimum absolute atomic E-state index is 0.0447. The molecule has 1 aromatic carbocycles. The van der Waals surface area contributed by atoms with E-state index in [0.717, 1.165) is 22.9 Å². The summed E-state index contributed by atoms with van der Waals surface area (Å²) in [4.78, 5) is 17.5. The molecule has 1 aliphatic carbocycles. The summed E-state index contributed by atoms with van der Waals surface area (Å²) < 4.78 is 23.7. The molecular formula is C23H31N3O3S. The first-order chi connectivity index (χ1) is 14.0. The summed E-state index contributed by atoms with van der Waals surface area (Å²) >= 11 is 0. The van der Waals surface area contributed by atoms with Crippen LogP contribution >= 0.6 is 0 Å². The van der Waals surface area contributed by atoms with Gasteiger partial charge in [-0.25, -0.2) is 13.4 Å². The van der Waals surface area contributed by atoms with Gasteiger partial charge in [0.15, 0.2) is 9.84 Å². The lowest BCUT2D eigenvalue weighted by atomic mass is 9.83. The molecule has 1 saturated carbocycles. The van der Waals surface area contributed by atoms with Crippen molar-refractivity contribution < 1.29 is 13.2 Å². The van der Waals surface area contributed by atoms with Crippen LogP contribution in [0.2, 0.25) is 0 Å². The molecule has 1 saturated heterocycles. The van der Waals surface area contributed by atoms with Crippen LogP contribution in [0.15, 0.2) is 18.2 Å². The molecule has 1 atom stereocenters. The fraction of sp³-hybridized carbons (Fsp3) is 0.565. The molecular weight excluding hydrogens is 398 g/mol. The molecule has 1 amide bonds. The zero-order valence-corrected chi connectivity index (χ0v) is 18.8. The largest absolute Gasteiger partial charge is 0.398 e. The first-order valence-electron chi connectivity index (χ1n) is 10.8. The van der Waals surface area contributed by atoms with Crippen LogP contribution in [0.1, 0.15) is 74.0 Å². The normalized spacial score (nSPS) is 21.5. The van der Waals surface area contributed by atoms with Gasteiger partial charge in [0.2, 0.25) is 0 Å². The van der Waals surface area contributed by atoms with Gasteiger partial charge in [-0.15, -0.1) is 0 Å². The van der Waals surface area contributed by atoms with Gasteiger partial charge < -0.3 is 11.1 Å². The van der Waals surface area contributed by atoms with E-state index in [4.69, 9.17) is 10.7 Å². The number of amides is 1. The monoisotopic (exact) mass is 429 g/mol. The molecule has 2 aliphatic rings. The number of sulfone groups is 1. The molecule has 6 nitrogen and oxygen atoms in total. The van der Waals surface area contributed by atoms with Gasteiger partial charge in [0, 0.05) is 17.6 Å². The van der Waals surface area contributed by atoms with Crippen molar-refractivity contribution in [3.8, 4) is 0 Å². The topological polar surface area (TPSA) is 102 Å². The fourth-order valence-electron chi connectivity index (χ4n) is 4.32. The SMILES string of the molecule is CC(C)(C)c1cc(C2CC2)cc2c(N)cc(C(=O)NCC3CCCS(=O)(=O)C3)nc12. The third-order valence-corrected chi connectivity index (χ3v) is 8.06. The Hall–Kier alpha value is -2.15. The number of carbonyl (C=O) groups excluding carboxylic acids is 1. The predicted octanol–water partition coefficient (Wildman–Crippen LogP) is 3.55. The van der Waals surface area contributed by atoms with E-state index < -0.39 is 9.84 Å². The number of aromatic nitrogens is 1. The summed E-state index contributed by atoms with van der Waals surface area (Å²) in [6.07, 6.45) is 3.88. The summed E-state index contributed by atoms with van der Waals surface area (Å²) in [5, 5.41) is 3.78. The van der Waals surface area contributed by atoms with Crippen LogP contribution in [0, 0.1) is 5.92 Å². The lowest BCUT2D eigenvalue weighted by molar-refractivity contribution is 0.0942. The zero-order chi connectivity index (χ0) is 21.7. The van der Waals surface area contributed by atoms with Gasteiger partial charge in [-0.1, -0.05) is 26.8 Å². The van der Waals surface area contributed by atoms with Crippen molar-refractivity contribution >= 4 is 32.3 Å². The van der Waals surface area contributed by atoms with Gasteiger partial charge in [-0.2, -0.15) is 0 Å². The Balaban J connectivity index is 1.63. The standard InChI is InChI=1S/C23H31N3O3S/c1-23(2,3)18-10-16(15-6-7-15)9-17-19(24)11-20(26-21(17)18)22(27)25-12-14-5-4-8-30(28,29)13-14/h9-11,14-15H,4-8,12-13H2,1-3H3,(H2,24,26)(H,25,27). The van der Waals surface area contributed by atoms with E-state index in [1.165, 1.54) is 18.4 Å². The Morgan fingerprint density at radius 1 is 1.20 bits per heavy atom. The molecule has 30 heavy (non-hydrogen) atoms. The van der Waals surface area contributed by atoms with E-state index in [0.29, 0.717) is 24.6 Å². The highest BCUT2D eigenvalue weighted by Crippen LogP contribution is 2.44. The van der Waals surface area contributed by atoms with Gasteiger partial charge in [0.05, 0.1) is 17.0 Å². The number of nitrogens with two attached hydrogens (primary N) is 1. The predicted molar refractivity (Wildman–Crippen MR) is 121 cm³/mol. The molecule has 162 valence electrons. The van der Waals surface area contributed by atoms with E-state index in [-0.39, 0.29) is 34.4 Å². The molecule has 0 bridgehead atoms. The van der Waals surface area contributed by atoms with Gasteiger partial charge in [-0.3, -0.25) is 4.79 Å². The van der Waals surface area contributed by atoms with Crippen LogP contribution in [0.5, 0.6) is 0 Å². The molecule has 2 heterocycles. The Bertz CT molecular complexity index is 1100. The number of carbonyl (C=O) groups is 1. The third kappa shape index (κ3) is 4.46. The number of rotatable bonds is 4. The first-order valence-corrected chi connectivity index (χ1v) is 12.6. The van der Waals surface area contributed by atoms with Crippen molar-refractivity contribution in [2.24, 2.45) is 5.92 Å². The lowest BCUT2D eigenvalue weighted by Gasteiger charge is -2.23. The number of benzene rings is 1. The molecule has 1 aliphatic heterocycles.